The van der Waals surface area contributed by atoms with Crippen LogP contribution in [0.2, 0.25) is 0 Å². The number of nitrogens with one attached hydrogen (secondary N) is 1. The number of nitro benzene ring substituents is 1. The molecular formula is C27H22BrN3O4. The van der Waals surface area contributed by atoms with E-state index < -0.39 is 16.4 Å². The van der Waals surface area contributed by atoms with Crippen LogP contribution in [-0.2, 0) is 10.3 Å². The molecule has 2 saturated heterocycles. The predicted octanol–water partition coefficient (Wildman–Crippen LogP) is 5.27. The Morgan fingerprint density at radius 1 is 1.09 bits per heavy atom. The van der Waals surface area contributed by atoms with Crippen molar-refractivity contribution < 1.29 is 14.5 Å². The van der Waals surface area contributed by atoms with E-state index in [1.54, 1.807) is 24.3 Å². The molecule has 3 aromatic rings. The van der Waals surface area contributed by atoms with Gasteiger partial charge in [0.1, 0.15) is 5.54 Å². The quantitative estimate of drug-likeness (QED) is 0.281. The van der Waals surface area contributed by atoms with Crippen LogP contribution in [0.25, 0.3) is 0 Å². The number of carbonyl (C=O) groups is 2. The van der Waals surface area contributed by atoms with E-state index in [0.29, 0.717) is 17.8 Å². The van der Waals surface area contributed by atoms with Gasteiger partial charge in [0.05, 0.1) is 10.8 Å². The second-order valence-corrected chi connectivity index (χ2v) is 10.3. The third-order valence-corrected chi connectivity index (χ3v) is 8.26. The lowest BCUT2D eigenvalue weighted by Gasteiger charge is -2.37. The second-order valence-electron chi connectivity index (χ2n) is 9.40. The maximum Gasteiger partial charge on any atom is 0.269 e. The van der Waals surface area contributed by atoms with Gasteiger partial charge in [0.15, 0.2) is 5.78 Å². The first-order valence-corrected chi connectivity index (χ1v) is 12.4. The van der Waals surface area contributed by atoms with Gasteiger partial charge in [-0.05, 0) is 43.1 Å². The summed E-state index contributed by atoms with van der Waals surface area (Å²) in [6.45, 7) is 0.675. The van der Waals surface area contributed by atoms with E-state index in [1.807, 2.05) is 42.5 Å². The topological polar surface area (TPSA) is 92.5 Å². The number of anilines is 1. The van der Waals surface area contributed by atoms with Gasteiger partial charge in [-0.25, -0.2) is 0 Å². The van der Waals surface area contributed by atoms with E-state index >= 15 is 0 Å². The van der Waals surface area contributed by atoms with E-state index in [9.17, 15) is 19.7 Å². The largest absolute Gasteiger partial charge is 0.324 e. The number of nitrogens with zero attached hydrogens (tertiary/aromatic N) is 2. The van der Waals surface area contributed by atoms with Gasteiger partial charge < -0.3 is 5.32 Å². The molecule has 176 valence electrons. The van der Waals surface area contributed by atoms with Gasteiger partial charge in [0.2, 0.25) is 5.91 Å². The number of amides is 1. The number of nitro groups is 1. The number of Topliss-reactive ketones (excluding diaryl/α,β-unsaturated/α-hetero) is 1. The minimum atomic E-state index is -1.19. The van der Waals surface area contributed by atoms with Crippen LogP contribution in [0.3, 0.4) is 0 Å². The molecule has 35 heavy (non-hydrogen) atoms. The minimum absolute atomic E-state index is 0.0158. The van der Waals surface area contributed by atoms with Crippen LogP contribution in [0.5, 0.6) is 0 Å². The highest BCUT2D eigenvalue weighted by molar-refractivity contribution is 9.10. The molecule has 7 nitrogen and oxygen atoms in total. The Hall–Kier alpha value is -3.36. The maximum absolute atomic E-state index is 14.3. The van der Waals surface area contributed by atoms with E-state index in [4.69, 9.17) is 0 Å². The molecule has 2 fully saturated rings. The molecule has 4 atom stereocenters. The fraction of sp³-hybridized carbons (Fsp3) is 0.259. The first kappa shape index (κ1) is 22.1. The number of rotatable bonds is 4. The molecule has 3 aliphatic heterocycles. The van der Waals surface area contributed by atoms with E-state index in [1.165, 1.54) is 6.07 Å². The standard InChI is InChI=1S/C27H22BrN3O4/c28-18-11-12-21-20(15-18)27(26(33)29-21)24(25(32)16-6-2-1-3-7-16)23(22-10-5-13-30(22)27)17-8-4-9-19(14-17)31(34)35/h1-4,6-9,11-12,14-15,22-24H,5,10,13H2,(H,29,33)/t22?,23?,24?,27-/m1/s1. The zero-order valence-corrected chi connectivity index (χ0v) is 20.3. The van der Waals surface area contributed by atoms with E-state index in [2.05, 4.69) is 26.1 Å². The van der Waals surface area contributed by atoms with Gasteiger partial charge in [-0.15, -0.1) is 0 Å². The third kappa shape index (κ3) is 3.13. The van der Waals surface area contributed by atoms with Crippen molar-refractivity contribution in [2.24, 2.45) is 5.92 Å². The van der Waals surface area contributed by atoms with Crippen molar-refractivity contribution >= 4 is 39.0 Å². The lowest BCUT2D eigenvalue weighted by Crippen LogP contribution is -2.52. The number of hydrogen-bond acceptors (Lipinski definition) is 5. The van der Waals surface area contributed by atoms with Crippen LogP contribution in [0.4, 0.5) is 11.4 Å². The van der Waals surface area contributed by atoms with Gasteiger partial charge in [-0.3, -0.25) is 24.6 Å². The fourth-order valence-corrected chi connectivity index (χ4v) is 6.90. The highest BCUT2D eigenvalue weighted by Gasteiger charge is 2.69. The van der Waals surface area contributed by atoms with Gasteiger partial charge in [-0.2, -0.15) is 0 Å². The Bertz CT molecular complexity index is 1380. The monoisotopic (exact) mass is 531 g/mol. The molecule has 0 aliphatic carbocycles. The first-order valence-electron chi connectivity index (χ1n) is 11.6. The van der Waals surface area contributed by atoms with Crippen molar-refractivity contribution in [3.05, 3.63) is 104 Å². The zero-order chi connectivity index (χ0) is 24.3. The van der Waals surface area contributed by atoms with Crippen molar-refractivity contribution in [3.63, 3.8) is 0 Å². The first-order chi connectivity index (χ1) is 16.9. The molecule has 1 spiro atoms. The average molecular weight is 532 g/mol. The summed E-state index contributed by atoms with van der Waals surface area (Å²) in [6.07, 6.45) is 1.70. The van der Waals surface area contributed by atoms with Crippen LogP contribution in [-0.4, -0.2) is 34.1 Å². The third-order valence-electron chi connectivity index (χ3n) is 7.77. The SMILES string of the molecule is O=C(c1ccccc1)C1C(c2cccc([N+](=O)[O-])c2)C2CCCN2[C@@]12C(=O)Nc1ccc(Br)cc12. The van der Waals surface area contributed by atoms with E-state index in [-0.39, 0.29) is 29.3 Å². The molecule has 0 radical (unpaired) electrons. The molecule has 6 rings (SSSR count). The van der Waals surface area contributed by atoms with Crippen molar-refractivity contribution in [2.45, 2.75) is 30.3 Å². The number of non-ortho nitro benzene ring substituents is 1. The van der Waals surface area contributed by atoms with Gasteiger partial charge in [0, 0.05) is 45.4 Å². The molecule has 0 aromatic heterocycles. The van der Waals surface area contributed by atoms with Crippen molar-refractivity contribution in [2.75, 3.05) is 11.9 Å². The Morgan fingerprint density at radius 3 is 2.66 bits per heavy atom. The van der Waals surface area contributed by atoms with Gasteiger partial charge in [-0.1, -0.05) is 58.4 Å². The molecule has 3 heterocycles. The maximum atomic E-state index is 14.3. The minimum Gasteiger partial charge on any atom is -0.324 e. The Morgan fingerprint density at radius 2 is 1.89 bits per heavy atom. The van der Waals surface area contributed by atoms with Crippen LogP contribution in [0.1, 0.15) is 40.2 Å². The molecule has 1 N–H and O–H groups in total. The normalized spacial score (nSPS) is 27.0. The van der Waals surface area contributed by atoms with E-state index in [0.717, 1.165) is 28.4 Å². The van der Waals surface area contributed by atoms with Crippen LogP contribution >= 0.6 is 15.9 Å². The Kier molecular flexibility index (Phi) is 5.12. The molecule has 8 heteroatoms. The summed E-state index contributed by atoms with van der Waals surface area (Å²) < 4.78 is 0.826. The zero-order valence-electron chi connectivity index (χ0n) is 18.7. The van der Waals surface area contributed by atoms with Crippen molar-refractivity contribution in [3.8, 4) is 0 Å². The number of carbonyl (C=O) groups excluding carboxylic acids is 2. The summed E-state index contributed by atoms with van der Waals surface area (Å²) >= 11 is 3.56. The Labute approximate surface area is 210 Å². The van der Waals surface area contributed by atoms with Crippen LogP contribution < -0.4 is 5.32 Å². The molecule has 0 bridgehead atoms. The average Bonchev–Trinajstić information content (AvgIpc) is 3.52. The fourth-order valence-electron chi connectivity index (χ4n) is 6.53. The van der Waals surface area contributed by atoms with Crippen LogP contribution in [0.15, 0.2) is 77.3 Å². The number of fused-ring (bicyclic) bond motifs is 4. The van der Waals surface area contributed by atoms with Gasteiger partial charge >= 0.3 is 0 Å². The van der Waals surface area contributed by atoms with Gasteiger partial charge in [0.25, 0.3) is 5.69 Å². The highest BCUT2D eigenvalue weighted by Crippen LogP contribution is 2.61. The van der Waals surface area contributed by atoms with Crippen molar-refractivity contribution in [1.29, 1.82) is 0 Å². The summed E-state index contributed by atoms with van der Waals surface area (Å²) in [5, 5.41) is 14.6. The lowest BCUT2D eigenvalue weighted by atomic mass is 9.68. The number of ketones is 1. The predicted molar refractivity (Wildman–Crippen MR) is 134 cm³/mol. The molecule has 3 aliphatic rings. The highest BCUT2D eigenvalue weighted by atomic mass is 79.9. The smallest absolute Gasteiger partial charge is 0.269 e. The molecular weight excluding hydrogens is 510 g/mol. The summed E-state index contributed by atoms with van der Waals surface area (Å²) in [5.74, 6) is -1.45. The lowest BCUT2D eigenvalue weighted by molar-refractivity contribution is -0.384. The molecule has 3 unspecified atom stereocenters. The summed E-state index contributed by atoms with van der Waals surface area (Å²) in [5.41, 5.74) is 1.53. The number of hydrogen-bond donors (Lipinski definition) is 1. The number of halogens is 1. The second kappa shape index (κ2) is 8.10. The molecule has 0 saturated carbocycles. The Balaban J connectivity index is 1.63. The molecule has 3 aromatic carbocycles. The summed E-state index contributed by atoms with van der Waals surface area (Å²) in [7, 11) is 0. The summed E-state index contributed by atoms with van der Waals surface area (Å²) in [4.78, 5) is 41.7. The van der Waals surface area contributed by atoms with Crippen molar-refractivity contribution in [1.82, 2.24) is 4.90 Å². The number of benzene rings is 3. The van der Waals surface area contributed by atoms with Crippen LogP contribution in [0, 0.1) is 16.0 Å². The molecule has 1 amide bonds. The summed E-state index contributed by atoms with van der Waals surface area (Å²) in [6, 6.07) is 21.2.